The van der Waals surface area contributed by atoms with Gasteiger partial charge in [-0.15, -0.1) is 0 Å². The lowest BCUT2D eigenvalue weighted by Gasteiger charge is -2.03. The van der Waals surface area contributed by atoms with Gasteiger partial charge in [-0.05, 0) is 19.3 Å². The lowest BCUT2D eigenvalue weighted by molar-refractivity contribution is -0.0979. The van der Waals surface area contributed by atoms with Crippen molar-refractivity contribution in [2.75, 3.05) is 13.2 Å². The van der Waals surface area contributed by atoms with Crippen molar-refractivity contribution < 1.29 is 20.1 Å². The molecule has 0 saturated carbocycles. The van der Waals surface area contributed by atoms with Crippen LogP contribution in [0.25, 0.3) is 0 Å². The highest BCUT2D eigenvalue weighted by Crippen LogP contribution is 1.98. The van der Waals surface area contributed by atoms with E-state index in [2.05, 4.69) is 0 Å². The average Bonchev–Trinajstić information content (AvgIpc) is 2.08. The van der Waals surface area contributed by atoms with Crippen LogP contribution >= 0.6 is 0 Å². The first-order valence-electron chi connectivity index (χ1n) is 3.50. The summed E-state index contributed by atoms with van der Waals surface area (Å²) in [4.78, 5) is 8.00. The Morgan fingerprint density at radius 3 is 2.09 bits per heavy atom. The summed E-state index contributed by atoms with van der Waals surface area (Å²) >= 11 is 0. The predicted molar refractivity (Wildman–Crippen MR) is 41.2 cm³/mol. The van der Waals surface area contributed by atoms with Gasteiger partial charge in [0.05, 0.1) is 12.7 Å². The van der Waals surface area contributed by atoms with E-state index in [-0.39, 0.29) is 13.2 Å². The van der Waals surface area contributed by atoms with Gasteiger partial charge in [0, 0.05) is 6.61 Å². The van der Waals surface area contributed by atoms with Crippen LogP contribution in [0.3, 0.4) is 0 Å². The van der Waals surface area contributed by atoms with E-state index in [0.717, 1.165) is 6.42 Å². The van der Waals surface area contributed by atoms with Crippen LogP contribution in [0, 0.1) is 0 Å². The molecule has 68 valence electrons. The first-order valence-corrected chi connectivity index (χ1v) is 3.50. The summed E-state index contributed by atoms with van der Waals surface area (Å²) in [5, 5.41) is 25.4. The van der Waals surface area contributed by atoms with Crippen molar-refractivity contribution in [3.8, 4) is 0 Å². The van der Waals surface area contributed by atoms with Gasteiger partial charge in [-0.25, -0.2) is 0 Å². The van der Waals surface area contributed by atoms with Crippen molar-refractivity contribution in [3.05, 3.63) is 0 Å². The fourth-order valence-electron chi connectivity index (χ4n) is 0.583. The van der Waals surface area contributed by atoms with Gasteiger partial charge >= 0.3 is 0 Å². The van der Waals surface area contributed by atoms with Crippen LogP contribution in [-0.2, 0) is 4.79 Å². The van der Waals surface area contributed by atoms with E-state index in [4.69, 9.17) is 20.1 Å². The molecular weight excluding hydrogens is 148 g/mol. The third-order valence-corrected chi connectivity index (χ3v) is 1.16. The Labute approximate surface area is 66.5 Å². The maximum Gasteiger partial charge on any atom is 0.106 e. The smallest absolute Gasteiger partial charge is 0.106 e. The number of aliphatic hydroxyl groups excluding tert-OH is 3. The Kier molecular flexibility index (Phi) is 14.7. The van der Waals surface area contributed by atoms with Crippen molar-refractivity contribution in [3.63, 3.8) is 0 Å². The quantitative estimate of drug-likeness (QED) is 0.470. The third kappa shape index (κ3) is 12.7. The molecule has 0 aromatic rings. The molecule has 1 unspecified atom stereocenters. The molecule has 4 nitrogen and oxygen atoms in total. The third-order valence-electron chi connectivity index (χ3n) is 1.16. The van der Waals surface area contributed by atoms with Crippen molar-refractivity contribution in [1.82, 2.24) is 0 Å². The minimum absolute atomic E-state index is 0.165. The van der Waals surface area contributed by atoms with Crippen LogP contribution in [0.2, 0.25) is 0 Å². The van der Waals surface area contributed by atoms with Gasteiger partial charge in [-0.1, -0.05) is 0 Å². The van der Waals surface area contributed by atoms with Crippen molar-refractivity contribution >= 4 is 6.79 Å². The second kappa shape index (κ2) is 12.2. The molecule has 11 heavy (non-hydrogen) atoms. The van der Waals surface area contributed by atoms with E-state index in [9.17, 15) is 0 Å². The number of hydrogen-bond acceptors (Lipinski definition) is 4. The molecule has 4 heteroatoms. The zero-order chi connectivity index (χ0) is 9.11. The van der Waals surface area contributed by atoms with E-state index in [1.807, 2.05) is 6.79 Å². The largest absolute Gasteiger partial charge is 0.396 e. The number of carbonyl (C=O) groups excluding carboxylic acids is 1. The molecule has 3 N–H and O–H groups in total. The van der Waals surface area contributed by atoms with Crippen LogP contribution in [0.5, 0.6) is 0 Å². The minimum Gasteiger partial charge on any atom is -0.396 e. The SMILES string of the molecule is C=O.OCCCCC(O)CO. The Morgan fingerprint density at radius 2 is 1.73 bits per heavy atom. The van der Waals surface area contributed by atoms with Gasteiger partial charge in [0.15, 0.2) is 0 Å². The summed E-state index contributed by atoms with van der Waals surface area (Å²) in [6, 6.07) is 0. The Hall–Kier alpha value is -0.450. The van der Waals surface area contributed by atoms with Crippen molar-refractivity contribution in [2.45, 2.75) is 25.4 Å². The molecule has 0 rings (SSSR count). The minimum atomic E-state index is -0.600. The Morgan fingerprint density at radius 1 is 1.18 bits per heavy atom. The standard InChI is InChI=1S/C6H14O3.CH2O/c7-4-2-1-3-6(9)5-8;1-2/h6-9H,1-5H2;1H2. The fourth-order valence-corrected chi connectivity index (χ4v) is 0.583. The van der Waals surface area contributed by atoms with E-state index < -0.39 is 6.10 Å². The van der Waals surface area contributed by atoms with Gasteiger partial charge < -0.3 is 20.1 Å². The Bertz CT molecular complexity index is 67.5. The van der Waals surface area contributed by atoms with Crippen LogP contribution in [0.4, 0.5) is 0 Å². The molecule has 0 amide bonds. The molecule has 0 saturated heterocycles. The molecule has 0 fully saturated rings. The molecule has 0 heterocycles. The van der Waals surface area contributed by atoms with E-state index in [0.29, 0.717) is 12.8 Å². The lowest BCUT2D eigenvalue weighted by atomic mass is 10.2. The molecule has 0 aliphatic carbocycles. The molecule has 0 aromatic carbocycles. The van der Waals surface area contributed by atoms with Crippen LogP contribution in [0.1, 0.15) is 19.3 Å². The van der Waals surface area contributed by atoms with Crippen LogP contribution in [-0.4, -0.2) is 41.4 Å². The highest BCUT2D eigenvalue weighted by Gasteiger charge is 1.99. The molecule has 0 aromatic heterocycles. The summed E-state index contributed by atoms with van der Waals surface area (Å²) in [6.45, 7) is 1.99. The van der Waals surface area contributed by atoms with Crippen LogP contribution < -0.4 is 0 Å². The molecular formula is C7H16O4. The normalized spacial score (nSPS) is 11.5. The molecule has 0 aliphatic heterocycles. The van der Waals surface area contributed by atoms with Gasteiger partial charge in [-0.3, -0.25) is 0 Å². The number of aliphatic hydroxyl groups is 3. The molecule has 0 radical (unpaired) electrons. The second-order valence-corrected chi connectivity index (χ2v) is 2.06. The van der Waals surface area contributed by atoms with Crippen molar-refractivity contribution in [1.29, 1.82) is 0 Å². The maximum absolute atomic E-state index is 8.75. The summed E-state index contributed by atoms with van der Waals surface area (Å²) in [6.07, 6.45) is 1.46. The molecule has 0 bridgehead atoms. The second-order valence-electron chi connectivity index (χ2n) is 2.06. The summed E-state index contributed by atoms with van der Waals surface area (Å²) in [7, 11) is 0. The van der Waals surface area contributed by atoms with Gasteiger partial charge in [0.1, 0.15) is 6.79 Å². The summed E-state index contributed by atoms with van der Waals surface area (Å²) < 4.78 is 0. The zero-order valence-electron chi connectivity index (χ0n) is 6.57. The number of rotatable bonds is 5. The molecule has 0 spiro atoms. The molecule has 1 atom stereocenters. The maximum atomic E-state index is 8.75. The van der Waals surface area contributed by atoms with E-state index >= 15 is 0 Å². The van der Waals surface area contributed by atoms with Gasteiger partial charge in [0.25, 0.3) is 0 Å². The number of unbranched alkanes of at least 4 members (excludes halogenated alkanes) is 1. The lowest BCUT2D eigenvalue weighted by Crippen LogP contribution is -2.11. The topological polar surface area (TPSA) is 77.8 Å². The van der Waals surface area contributed by atoms with Gasteiger partial charge in [0.2, 0.25) is 0 Å². The highest BCUT2D eigenvalue weighted by molar-refractivity contribution is 5.10. The van der Waals surface area contributed by atoms with E-state index in [1.54, 1.807) is 0 Å². The summed E-state index contributed by atoms with van der Waals surface area (Å²) in [5.74, 6) is 0. The zero-order valence-corrected chi connectivity index (χ0v) is 6.57. The van der Waals surface area contributed by atoms with Crippen molar-refractivity contribution in [2.24, 2.45) is 0 Å². The predicted octanol–water partition coefficient (Wildman–Crippen LogP) is -0.683. The monoisotopic (exact) mass is 164 g/mol. The van der Waals surface area contributed by atoms with Gasteiger partial charge in [-0.2, -0.15) is 0 Å². The average molecular weight is 164 g/mol. The number of carbonyl (C=O) groups is 1. The Balaban J connectivity index is 0. The fraction of sp³-hybridized carbons (Fsp3) is 0.857. The first kappa shape index (κ1) is 13.2. The first-order chi connectivity index (χ1) is 5.31. The highest BCUT2D eigenvalue weighted by atomic mass is 16.3. The van der Waals surface area contributed by atoms with E-state index in [1.165, 1.54) is 0 Å². The number of hydrogen-bond donors (Lipinski definition) is 3. The van der Waals surface area contributed by atoms with Crippen LogP contribution in [0.15, 0.2) is 0 Å². The molecule has 0 aliphatic rings. The summed E-state index contributed by atoms with van der Waals surface area (Å²) in [5.41, 5.74) is 0.